The molecule has 0 fully saturated rings. The molecule has 3 aromatic rings. The normalized spacial score (nSPS) is 15.6. The van der Waals surface area contributed by atoms with Crippen molar-refractivity contribution in [3.63, 3.8) is 0 Å². The van der Waals surface area contributed by atoms with Crippen LogP contribution in [-0.4, -0.2) is 25.0 Å². The summed E-state index contributed by atoms with van der Waals surface area (Å²) >= 11 is 14.8. The van der Waals surface area contributed by atoms with E-state index in [-0.39, 0.29) is 5.57 Å². The Kier molecular flexibility index (Phi) is 10.4. The Bertz CT molecular complexity index is 1820. The second kappa shape index (κ2) is 13.8. The quantitative estimate of drug-likeness (QED) is 0.144. The summed E-state index contributed by atoms with van der Waals surface area (Å²) < 4.78 is 8.06. The molecule has 0 aliphatic carbocycles. The van der Waals surface area contributed by atoms with E-state index < -0.39 is 0 Å². The van der Waals surface area contributed by atoms with Crippen molar-refractivity contribution in [1.29, 1.82) is 10.5 Å². The number of allylic oxidation sites excluding steroid dienone is 3. The SMILES string of the molecule is CSC1=C(SC)SC(=c2c3ccccc3c(=C3SC(SC)=C(SC)S3)c3cc(/C=C/C=C(C#N)C#N)ccc23)S1. The van der Waals surface area contributed by atoms with E-state index in [9.17, 15) is 0 Å². The monoisotopic (exact) mass is 666 g/mol. The van der Waals surface area contributed by atoms with E-state index in [2.05, 4.69) is 67.5 Å². The van der Waals surface area contributed by atoms with Gasteiger partial charge < -0.3 is 0 Å². The van der Waals surface area contributed by atoms with Gasteiger partial charge in [0.2, 0.25) is 0 Å². The molecule has 40 heavy (non-hydrogen) atoms. The summed E-state index contributed by atoms with van der Waals surface area (Å²) in [6.07, 6.45) is 13.9. The maximum absolute atomic E-state index is 9.11. The van der Waals surface area contributed by atoms with Gasteiger partial charge in [0.25, 0.3) is 0 Å². The zero-order valence-corrected chi connectivity index (χ0v) is 28.5. The highest BCUT2D eigenvalue weighted by atomic mass is 32.3. The number of benzene rings is 3. The van der Waals surface area contributed by atoms with Crippen molar-refractivity contribution >= 4 is 130 Å². The smallest absolute Gasteiger partial charge is 0.129 e. The van der Waals surface area contributed by atoms with Gasteiger partial charge >= 0.3 is 0 Å². The van der Waals surface area contributed by atoms with Crippen molar-refractivity contribution in [2.45, 2.75) is 0 Å². The van der Waals surface area contributed by atoms with Gasteiger partial charge in [-0.15, -0.1) is 47.0 Å². The molecule has 0 radical (unpaired) electrons. The fourth-order valence-corrected chi connectivity index (χ4v) is 14.6. The van der Waals surface area contributed by atoms with Crippen LogP contribution in [0.4, 0.5) is 0 Å². The minimum Gasteiger partial charge on any atom is -0.192 e. The molecule has 200 valence electrons. The number of nitrogens with zero attached hydrogens (tertiary/aromatic N) is 2. The lowest BCUT2D eigenvalue weighted by Crippen LogP contribution is -2.17. The van der Waals surface area contributed by atoms with E-state index >= 15 is 0 Å². The highest BCUT2D eigenvalue weighted by Gasteiger charge is 2.25. The molecule has 0 amide bonds. The minimum atomic E-state index is 0.0916. The largest absolute Gasteiger partial charge is 0.192 e. The van der Waals surface area contributed by atoms with Gasteiger partial charge in [-0.1, -0.05) is 95.6 Å². The molecular formula is C30H22N2S8. The molecule has 3 aromatic carbocycles. The fourth-order valence-electron chi connectivity index (χ4n) is 4.34. The van der Waals surface area contributed by atoms with Gasteiger partial charge in [-0.25, -0.2) is 0 Å². The predicted molar refractivity (Wildman–Crippen MR) is 194 cm³/mol. The first kappa shape index (κ1) is 30.1. The Balaban J connectivity index is 1.87. The van der Waals surface area contributed by atoms with Crippen LogP contribution in [0, 0.1) is 22.7 Å². The van der Waals surface area contributed by atoms with E-state index in [1.165, 1.54) is 57.4 Å². The second-order valence-electron chi connectivity index (χ2n) is 8.21. The summed E-state index contributed by atoms with van der Waals surface area (Å²) in [7, 11) is 0. The van der Waals surface area contributed by atoms with Gasteiger partial charge in [-0.3, -0.25) is 0 Å². The topological polar surface area (TPSA) is 47.6 Å². The van der Waals surface area contributed by atoms with E-state index in [1.807, 2.05) is 112 Å². The summed E-state index contributed by atoms with van der Waals surface area (Å²) in [6.45, 7) is 0. The first-order valence-corrected chi connectivity index (χ1v) is 20.0. The third-order valence-electron chi connectivity index (χ3n) is 6.07. The first-order chi connectivity index (χ1) is 19.6. The Labute approximate surface area is 268 Å². The molecule has 5 rings (SSSR count). The van der Waals surface area contributed by atoms with Crippen LogP contribution >= 0.6 is 94.1 Å². The summed E-state index contributed by atoms with van der Waals surface area (Å²) in [5, 5.41) is 25.8. The molecule has 2 aliphatic rings. The molecule has 0 bridgehead atoms. The van der Waals surface area contributed by atoms with Crippen molar-refractivity contribution in [2.24, 2.45) is 0 Å². The maximum Gasteiger partial charge on any atom is 0.129 e. The van der Waals surface area contributed by atoms with Gasteiger partial charge in [0.15, 0.2) is 0 Å². The summed E-state index contributed by atoms with van der Waals surface area (Å²) in [5.41, 5.74) is 1.12. The molecule has 2 aliphatic heterocycles. The number of thioether (sulfide) groups is 8. The minimum absolute atomic E-state index is 0.0916. The molecule has 0 aromatic heterocycles. The molecule has 0 saturated carbocycles. The number of nitriles is 2. The number of hydrogen-bond acceptors (Lipinski definition) is 10. The zero-order valence-electron chi connectivity index (χ0n) is 21.9. The maximum atomic E-state index is 9.11. The predicted octanol–water partition coefficient (Wildman–Crippen LogP) is 9.78. The van der Waals surface area contributed by atoms with E-state index in [0.29, 0.717) is 0 Å². The summed E-state index contributed by atoms with van der Waals surface area (Å²) in [5.74, 6) is 0. The van der Waals surface area contributed by atoms with Crippen LogP contribution in [0.5, 0.6) is 0 Å². The van der Waals surface area contributed by atoms with Crippen LogP contribution in [0.2, 0.25) is 0 Å². The Morgan fingerprint density at radius 3 is 1.55 bits per heavy atom. The average Bonchev–Trinajstić information content (AvgIpc) is 3.61. The van der Waals surface area contributed by atoms with E-state index in [0.717, 1.165) is 5.56 Å². The van der Waals surface area contributed by atoms with Crippen LogP contribution in [-0.2, 0) is 0 Å². The van der Waals surface area contributed by atoms with Gasteiger partial charge in [0.1, 0.15) is 17.7 Å². The van der Waals surface area contributed by atoms with Crippen molar-refractivity contribution in [2.75, 3.05) is 25.0 Å². The van der Waals surface area contributed by atoms with Crippen LogP contribution in [0.15, 0.2) is 77.1 Å². The van der Waals surface area contributed by atoms with Crippen molar-refractivity contribution in [3.05, 3.63) is 93.1 Å². The Hall–Kier alpha value is -1.34. The lowest BCUT2D eigenvalue weighted by molar-refractivity contribution is 1.46. The molecule has 2 heterocycles. The molecular weight excluding hydrogens is 645 g/mol. The Morgan fingerprint density at radius 1 is 0.650 bits per heavy atom. The van der Waals surface area contributed by atoms with Crippen molar-refractivity contribution in [3.8, 4) is 12.1 Å². The molecule has 2 nitrogen and oxygen atoms in total. The summed E-state index contributed by atoms with van der Waals surface area (Å²) in [4.78, 5) is 0. The van der Waals surface area contributed by atoms with Crippen LogP contribution < -0.4 is 10.4 Å². The van der Waals surface area contributed by atoms with Gasteiger partial charge in [0.05, 0.1) is 25.4 Å². The molecule has 0 spiro atoms. The first-order valence-electron chi connectivity index (χ1n) is 11.8. The van der Waals surface area contributed by atoms with Gasteiger partial charge in [0, 0.05) is 10.4 Å². The fraction of sp³-hybridized carbons (Fsp3) is 0.133. The lowest BCUT2D eigenvalue weighted by atomic mass is 9.97. The highest BCUT2D eigenvalue weighted by molar-refractivity contribution is 8.46. The third kappa shape index (κ3) is 5.93. The molecule has 0 saturated heterocycles. The van der Waals surface area contributed by atoms with Crippen LogP contribution in [0.1, 0.15) is 5.56 Å². The molecule has 0 atom stereocenters. The number of rotatable bonds is 6. The molecule has 10 heteroatoms. The lowest BCUT2D eigenvalue weighted by Gasteiger charge is -2.12. The van der Waals surface area contributed by atoms with Gasteiger partial charge in [-0.05, 0) is 64.3 Å². The summed E-state index contributed by atoms with van der Waals surface area (Å²) in [6, 6.07) is 19.3. The highest BCUT2D eigenvalue weighted by Crippen LogP contribution is 2.58. The van der Waals surface area contributed by atoms with Gasteiger partial charge in [-0.2, -0.15) is 10.5 Å². The van der Waals surface area contributed by atoms with E-state index in [1.54, 1.807) is 12.2 Å². The van der Waals surface area contributed by atoms with Crippen molar-refractivity contribution < 1.29 is 0 Å². The average molecular weight is 667 g/mol. The zero-order chi connectivity index (χ0) is 28.2. The third-order valence-corrected chi connectivity index (χ3v) is 16.5. The molecule has 0 unspecified atom stereocenters. The number of hydrogen-bond donors (Lipinski definition) is 0. The number of fused-ring (bicyclic) bond motifs is 2. The van der Waals surface area contributed by atoms with Crippen molar-refractivity contribution in [1.82, 2.24) is 0 Å². The van der Waals surface area contributed by atoms with Crippen LogP contribution in [0.3, 0.4) is 0 Å². The second-order valence-corrected chi connectivity index (χ2v) is 17.1. The van der Waals surface area contributed by atoms with Crippen LogP contribution in [0.25, 0.3) is 36.1 Å². The molecule has 0 N–H and O–H groups in total. The standard InChI is InChI=1S/C30H22N2S8/c1-33-27-28(34-2)38-25(37-27)23-19-10-5-6-11-20(19)24(26-39-29(35-3)30(36-4)40-26)22-14-17(12-13-21(22)23)8-7-9-18(15-31)16-32/h5-14H,1-4H3/b8-7+. The van der Waals surface area contributed by atoms with E-state index in [4.69, 9.17) is 10.5 Å². The Morgan fingerprint density at radius 2 is 1.10 bits per heavy atom.